The Balaban J connectivity index is 1.78. The number of carbonyl (C=O) groups excluding carboxylic acids is 1. The van der Waals surface area contributed by atoms with Crippen molar-refractivity contribution in [2.45, 2.75) is 44.9 Å². The smallest absolute Gasteiger partial charge is 0.410 e. The Morgan fingerprint density at radius 2 is 2.12 bits per heavy atom. The molecule has 2 N–H and O–H groups in total. The Hall–Kier alpha value is -2.13. The maximum absolute atomic E-state index is 12.3. The lowest BCUT2D eigenvalue weighted by atomic mass is 10.0. The third-order valence-corrected chi connectivity index (χ3v) is 4.30. The van der Waals surface area contributed by atoms with Gasteiger partial charge in [0.2, 0.25) is 0 Å². The molecule has 3 rings (SSSR count). The molecule has 1 aliphatic heterocycles. The molecule has 1 saturated heterocycles. The number of hydrogen-bond donors (Lipinski definition) is 2. The van der Waals surface area contributed by atoms with Crippen LogP contribution in [0.25, 0.3) is 10.9 Å². The van der Waals surface area contributed by atoms with E-state index in [1.54, 1.807) is 17.9 Å². The number of ether oxygens (including phenoxy) is 1. The largest absolute Gasteiger partial charge is 0.444 e. The number of rotatable bonds is 2. The predicted molar refractivity (Wildman–Crippen MR) is 97.2 cm³/mol. The van der Waals surface area contributed by atoms with Crippen LogP contribution in [0.5, 0.6) is 0 Å². The summed E-state index contributed by atoms with van der Waals surface area (Å²) < 4.78 is 7.03. The summed E-state index contributed by atoms with van der Waals surface area (Å²) in [5.41, 5.74) is 0.0795. The van der Waals surface area contributed by atoms with Crippen LogP contribution in [0.1, 0.15) is 27.2 Å². The zero-order chi connectivity index (χ0) is 19.1. The summed E-state index contributed by atoms with van der Waals surface area (Å²) in [7, 11) is 1.77. The first kappa shape index (κ1) is 18.7. The summed E-state index contributed by atoms with van der Waals surface area (Å²) in [5.74, 6) is 0.515. The van der Waals surface area contributed by atoms with Gasteiger partial charge < -0.3 is 20.1 Å². The molecule has 0 aromatic carbocycles. The molecule has 0 aliphatic carbocycles. The van der Waals surface area contributed by atoms with Gasteiger partial charge in [-0.3, -0.25) is 4.68 Å². The fourth-order valence-electron chi connectivity index (χ4n) is 3.00. The average molecular weight is 383 g/mol. The van der Waals surface area contributed by atoms with Crippen molar-refractivity contribution >= 4 is 34.4 Å². The van der Waals surface area contributed by atoms with E-state index in [0.29, 0.717) is 24.3 Å². The second-order valence-electron chi connectivity index (χ2n) is 7.49. The maximum Gasteiger partial charge on any atom is 0.410 e. The van der Waals surface area contributed by atoms with Gasteiger partial charge in [-0.2, -0.15) is 5.10 Å². The second kappa shape index (κ2) is 6.88. The minimum Gasteiger partial charge on any atom is -0.444 e. The third kappa shape index (κ3) is 3.99. The number of halogens is 1. The molecule has 0 radical (unpaired) electrons. The number of anilines is 1. The van der Waals surface area contributed by atoms with Crippen molar-refractivity contribution in [1.29, 1.82) is 0 Å². The molecule has 9 nitrogen and oxygen atoms in total. The number of piperidine rings is 1. The van der Waals surface area contributed by atoms with Crippen molar-refractivity contribution in [2.24, 2.45) is 7.05 Å². The molecule has 2 aromatic rings. The molecule has 0 unspecified atom stereocenters. The lowest BCUT2D eigenvalue weighted by Gasteiger charge is -2.36. The number of nitrogens with one attached hydrogen (secondary N) is 1. The number of amides is 1. The molecule has 26 heavy (non-hydrogen) atoms. The van der Waals surface area contributed by atoms with Crippen molar-refractivity contribution in [2.75, 3.05) is 18.4 Å². The number of aliphatic hydroxyl groups is 1. The molecule has 0 saturated carbocycles. The maximum atomic E-state index is 12.3. The van der Waals surface area contributed by atoms with Crippen LogP contribution in [-0.2, 0) is 11.8 Å². The van der Waals surface area contributed by atoms with Gasteiger partial charge in [0.05, 0.1) is 24.2 Å². The highest BCUT2D eigenvalue weighted by Crippen LogP contribution is 2.27. The number of carbonyl (C=O) groups is 1. The van der Waals surface area contributed by atoms with Crippen LogP contribution in [-0.4, -0.2) is 66.9 Å². The molecule has 0 bridgehead atoms. The third-order valence-electron chi connectivity index (χ3n) is 4.05. The first-order chi connectivity index (χ1) is 12.1. The van der Waals surface area contributed by atoms with Crippen molar-refractivity contribution in [3.8, 4) is 0 Å². The average Bonchev–Trinajstić information content (AvgIpc) is 2.91. The van der Waals surface area contributed by atoms with Crippen molar-refractivity contribution < 1.29 is 14.6 Å². The van der Waals surface area contributed by atoms with Crippen LogP contribution >= 0.6 is 11.6 Å². The number of nitrogens with zero attached hydrogens (tertiary/aromatic N) is 5. The summed E-state index contributed by atoms with van der Waals surface area (Å²) in [4.78, 5) is 13.8. The van der Waals surface area contributed by atoms with E-state index in [2.05, 4.69) is 20.6 Å². The fourth-order valence-corrected chi connectivity index (χ4v) is 3.27. The van der Waals surface area contributed by atoms with Crippen LogP contribution in [0.15, 0.2) is 6.20 Å². The van der Waals surface area contributed by atoms with Gasteiger partial charge in [-0.1, -0.05) is 11.6 Å². The van der Waals surface area contributed by atoms with Crippen LogP contribution in [0, 0.1) is 0 Å². The van der Waals surface area contributed by atoms with E-state index in [1.807, 2.05) is 20.8 Å². The first-order valence-corrected chi connectivity index (χ1v) is 8.78. The van der Waals surface area contributed by atoms with Gasteiger partial charge in [0, 0.05) is 19.6 Å². The molecule has 2 aromatic heterocycles. The molecular weight excluding hydrogens is 360 g/mol. The molecule has 2 atom stereocenters. The SMILES string of the molecule is Cn1ncc2c(N[C@@H]3C[C@H](O)CN(C(=O)OC(C)(C)C)C3)nnc(Cl)c21. The number of fused-ring (bicyclic) bond motifs is 1. The molecule has 1 fully saturated rings. The molecule has 0 spiro atoms. The number of aliphatic hydroxyl groups excluding tert-OH is 1. The number of likely N-dealkylation sites (tertiary alicyclic amines) is 1. The van der Waals surface area contributed by atoms with Gasteiger partial charge >= 0.3 is 6.09 Å². The molecule has 1 aliphatic rings. The second-order valence-corrected chi connectivity index (χ2v) is 7.84. The van der Waals surface area contributed by atoms with E-state index in [1.165, 1.54) is 4.90 Å². The summed E-state index contributed by atoms with van der Waals surface area (Å²) in [6.07, 6.45) is 1.03. The number of hydrogen-bond acceptors (Lipinski definition) is 7. The number of aromatic nitrogens is 4. The molecule has 1 amide bonds. The van der Waals surface area contributed by atoms with E-state index in [-0.39, 0.29) is 17.7 Å². The van der Waals surface area contributed by atoms with Crippen LogP contribution < -0.4 is 5.32 Å². The van der Waals surface area contributed by atoms with E-state index >= 15 is 0 Å². The lowest BCUT2D eigenvalue weighted by Crippen LogP contribution is -2.52. The van der Waals surface area contributed by atoms with E-state index in [9.17, 15) is 9.90 Å². The van der Waals surface area contributed by atoms with Gasteiger partial charge in [-0.15, -0.1) is 10.2 Å². The summed E-state index contributed by atoms with van der Waals surface area (Å²) in [5, 5.41) is 26.7. The lowest BCUT2D eigenvalue weighted by molar-refractivity contribution is 0.00179. The predicted octanol–water partition coefficient (Wildman–Crippen LogP) is 1.80. The van der Waals surface area contributed by atoms with E-state index < -0.39 is 17.8 Å². The van der Waals surface area contributed by atoms with Gasteiger partial charge in [0.25, 0.3) is 0 Å². The van der Waals surface area contributed by atoms with Gasteiger partial charge in [-0.25, -0.2) is 4.79 Å². The molecule has 3 heterocycles. The van der Waals surface area contributed by atoms with E-state index in [0.717, 1.165) is 5.39 Å². The zero-order valence-corrected chi connectivity index (χ0v) is 16.0. The monoisotopic (exact) mass is 382 g/mol. The summed E-state index contributed by atoms with van der Waals surface area (Å²) in [6, 6.07) is -0.204. The quantitative estimate of drug-likeness (QED) is 0.815. The van der Waals surface area contributed by atoms with Crippen molar-refractivity contribution in [3.63, 3.8) is 0 Å². The Morgan fingerprint density at radius 3 is 2.81 bits per heavy atom. The Labute approximate surface area is 156 Å². The number of aryl methyl sites for hydroxylation is 1. The Morgan fingerprint density at radius 1 is 1.38 bits per heavy atom. The highest BCUT2D eigenvalue weighted by atomic mass is 35.5. The highest BCUT2D eigenvalue weighted by molar-refractivity contribution is 6.34. The summed E-state index contributed by atoms with van der Waals surface area (Å²) in [6.45, 7) is 6.05. The summed E-state index contributed by atoms with van der Waals surface area (Å²) >= 11 is 6.10. The minimum atomic E-state index is -0.654. The number of β-amino-alcohol motifs (C(OH)–C–C–N with tert-alkyl or cyclic N) is 1. The fraction of sp³-hybridized carbons (Fsp3) is 0.625. The first-order valence-electron chi connectivity index (χ1n) is 8.40. The standard InChI is InChI=1S/C16H23ClN6O3/c1-16(2,3)26-15(25)23-7-9(5-10(24)8-23)19-14-11-6-18-22(4)12(11)13(17)20-21-14/h6,9-10,24H,5,7-8H2,1-4H3,(H,19,21)/t9-,10+/m1/s1. The minimum absolute atomic E-state index is 0.204. The normalized spacial score (nSPS) is 21.1. The van der Waals surface area contributed by atoms with Gasteiger partial charge in [0.1, 0.15) is 11.1 Å². The molecular formula is C16H23ClN6O3. The van der Waals surface area contributed by atoms with Crippen LogP contribution in [0.4, 0.5) is 10.6 Å². The van der Waals surface area contributed by atoms with Gasteiger partial charge in [0.15, 0.2) is 11.0 Å². The topological polar surface area (TPSA) is 105 Å². The van der Waals surface area contributed by atoms with Crippen LogP contribution in [0.3, 0.4) is 0 Å². The Bertz CT molecular complexity index is 818. The van der Waals surface area contributed by atoms with Gasteiger partial charge in [-0.05, 0) is 27.2 Å². The highest BCUT2D eigenvalue weighted by Gasteiger charge is 2.32. The molecule has 142 valence electrons. The van der Waals surface area contributed by atoms with E-state index in [4.69, 9.17) is 16.3 Å². The Kier molecular flexibility index (Phi) is 4.94. The zero-order valence-electron chi connectivity index (χ0n) is 15.2. The molecule has 10 heteroatoms. The van der Waals surface area contributed by atoms with Crippen molar-refractivity contribution in [3.05, 3.63) is 11.3 Å². The van der Waals surface area contributed by atoms with Crippen molar-refractivity contribution in [1.82, 2.24) is 24.9 Å². The van der Waals surface area contributed by atoms with Crippen LogP contribution in [0.2, 0.25) is 5.15 Å².